The number of nitrogens with zero attached hydrogens (tertiary/aromatic N) is 1. The van der Waals surface area contributed by atoms with E-state index in [1.165, 1.54) is 22.6 Å². The second-order valence-electron chi connectivity index (χ2n) is 13.4. The van der Waals surface area contributed by atoms with Crippen LogP contribution in [0.15, 0.2) is 35.9 Å². The summed E-state index contributed by atoms with van der Waals surface area (Å²) < 4.78 is 0. The molecule has 3 saturated carbocycles. The topological polar surface area (TPSA) is 112 Å². The van der Waals surface area contributed by atoms with Crippen LogP contribution in [-0.4, -0.2) is 34.0 Å². The van der Waals surface area contributed by atoms with E-state index in [-0.39, 0.29) is 46.5 Å². The van der Waals surface area contributed by atoms with Crippen molar-refractivity contribution in [2.75, 3.05) is 4.90 Å². The first-order valence-electron chi connectivity index (χ1n) is 14.0. The Morgan fingerprint density at radius 2 is 1.76 bits per heavy atom. The standard InChI is InChI=1S/C31H37NO6/c1-16(2)20-15-31-12-9-21-29(3,10-6-11-30(21,4)28(37)38)22(31)14-19(20)23-24(31)26(34)32(25(23)33)18-8-5-7-17(13-18)27(35)36/h5,7-8,13,15-16,19,21-24H,6,9-12,14H2,1-4H3,(H,35,36)(H,37,38)/t19-,21+,22-,23-,24+,29+,30-,31+/m1/s1. The molecule has 2 bridgehead atoms. The van der Waals surface area contributed by atoms with Gasteiger partial charge in [-0.25, -0.2) is 9.69 Å². The number of hydrogen-bond acceptors (Lipinski definition) is 4. The van der Waals surface area contributed by atoms with E-state index in [1.807, 2.05) is 6.92 Å². The van der Waals surface area contributed by atoms with Gasteiger partial charge < -0.3 is 10.2 Å². The van der Waals surface area contributed by atoms with E-state index in [4.69, 9.17) is 0 Å². The second kappa shape index (κ2) is 8.03. The normalized spacial score (nSPS) is 41.4. The number of allylic oxidation sites excluding steroid dienone is 2. The van der Waals surface area contributed by atoms with Crippen LogP contribution in [0.1, 0.15) is 76.6 Å². The molecule has 6 aliphatic rings. The van der Waals surface area contributed by atoms with Crippen LogP contribution < -0.4 is 4.90 Å². The van der Waals surface area contributed by atoms with Gasteiger partial charge in [-0.15, -0.1) is 0 Å². The van der Waals surface area contributed by atoms with Crippen molar-refractivity contribution in [3.63, 3.8) is 0 Å². The Morgan fingerprint density at radius 3 is 2.42 bits per heavy atom. The van der Waals surface area contributed by atoms with Gasteiger partial charge in [-0.1, -0.05) is 44.9 Å². The van der Waals surface area contributed by atoms with Gasteiger partial charge in [0.15, 0.2) is 0 Å². The van der Waals surface area contributed by atoms with E-state index in [2.05, 4.69) is 26.8 Å². The van der Waals surface area contributed by atoms with Crippen molar-refractivity contribution in [3.05, 3.63) is 41.5 Å². The van der Waals surface area contributed by atoms with Gasteiger partial charge in [-0.3, -0.25) is 14.4 Å². The largest absolute Gasteiger partial charge is 0.481 e. The van der Waals surface area contributed by atoms with Crippen LogP contribution in [0.3, 0.4) is 0 Å². The Morgan fingerprint density at radius 1 is 1.03 bits per heavy atom. The number of benzene rings is 1. The Kier molecular flexibility index (Phi) is 5.35. The molecule has 1 aromatic carbocycles. The first kappa shape index (κ1) is 25.3. The molecule has 7 heteroatoms. The summed E-state index contributed by atoms with van der Waals surface area (Å²) in [7, 11) is 0. The summed E-state index contributed by atoms with van der Waals surface area (Å²) in [6, 6.07) is 6.10. The molecule has 5 aliphatic carbocycles. The first-order valence-corrected chi connectivity index (χ1v) is 14.0. The summed E-state index contributed by atoms with van der Waals surface area (Å²) in [4.78, 5) is 53.8. The van der Waals surface area contributed by atoms with Crippen LogP contribution in [0, 0.1) is 51.8 Å². The minimum Gasteiger partial charge on any atom is -0.481 e. The van der Waals surface area contributed by atoms with Crippen molar-refractivity contribution in [3.8, 4) is 0 Å². The number of anilines is 1. The number of aromatic carboxylic acids is 1. The average Bonchev–Trinajstić information content (AvgIpc) is 3.15. The molecule has 1 spiro atoms. The molecule has 0 aromatic heterocycles. The maximum atomic E-state index is 14.3. The molecule has 8 atom stereocenters. The van der Waals surface area contributed by atoms with Crippen molar-refractivity contribution in [2.45, 2.75) is 66.2 Å². The smallest absolute Gasteiger partial charge is 0.335 e. The lowest BCUT2D eigenvalue weighted by molar-refractivity contribution is -0.194. The number of carbonyl (C=O) groups is 4. The van der Waals surface area contributed by atoms with Gasteiger partial charge in [0, 0.05) is 5.41 Å². The second-order valence-corrected chi connectivity index (χ2v) is 13.4. The molecule has 0 radical (unpaired) electrons. The lowest BCUT2D eigenvalue weighted by Crippen LogP contribution is -2.65. The van der Waals surface area contributed by atoms with Gasteiger partial charge in [-0.05, 0) is 86.3 Å². The highest BCUT2D eigenvalue weighted by atomic mass is 16.4. The maximum absolute atomic E-state index is 14.3. The zero-order valence-electron chi connectivity index (χ0n) is 22.6. The monoisotopic (exact) mass is 519 g/mol. The number of rotatable bonds is 4. The molecule has 2 N–H and O–H groups in total. The molecule has 38 heavy (non-hydrogen) atoms. The van der Waals surface area contributed by atoms with Crippen LogP contribution in [0.4, 0.5) is 5.69 Å². The van der Waals surface area contributed by atoms with Gasteiger partial charge >= 0.3 is 11.9 Å². The van der Waals surface area contributed by atoms with Crippen LogP contribution in [0.5, 0.6) is 0 Å². The van der Waals surface area contributed by atoms with Gasteiger partial charge in [0.05, 0.1) is 28.5 Å². The summed E-state index contributed by atoms with van der Waals surface area (Å²) >= 11 is 0. The maximum Gasteiger partial charge on any atom is 0.335 e. The molecular formula is C31H37NO6. The molecule has 7 nitrogen and oxygen atoms in total. The lowest BCUT2D eigenvalue weighted by atomic mass is 9.34. The summed E-state index contributed by atoms with van der Waals surface area (Å²) in [6.07, 6.45) is 7.05. The van der Waals surface area contributed by atoms with Gasteiger partial charge in [0.25, 0.3) is 0 Å². The molecule has 1 saturated heterocycles. The van der Waals surface area contributed by atoms with E-state index >= 15 is 0 Å². The summed E-state index contributed by atoms with van der Waals surface area (Å²) in [5, 5.41) is 19.8. The number of aliphatic carboxylic acids is 1. The fourth-order valence-corrected chi connectivity index (χ4v) is 9.99. The average molecular weight is 520 g/mol. The van der Waals surface area contributed by atoms with Crippen LogP contribution in [0.2, 0.25) is 0 Å². The SMILES string of the molecule is CC(C)C1=C[C@@]23CC[C@H]4[C@](C)(CCC[C@@]4(C)C(=O)O)[C@H]2C[C@H]1[C@H]1C(=O)N(c2cccc(C(=O)O)c2)C(=O)[C@H]13. The zero-order valence-corrected chi connectivity index (χ0v) is 22.6. The molecular weight excluding hydrogens is 482 g/mol. The third kappa shape index (κ3) is 3.02. The fraction of sp³-hybridized carbons (Fsp3) is 0.613. The predicted molar refractivity (Wildman–Crippen MR) is 140 cm³/mol. The Balaban J connectivity index is 1.48. The van der Waals surface area contributed by atoms with Crippen molar-refractivity contribution in [1.29, 1.82) is 0 Å². The van der Waals surface area contributed by atoms with E-state index in [0.717, 1.165) is 25.7 Å². The highest BCUT2D eigenvalue weighted by Crippen LogP contribution is 2.74. The van der Waals surface area contributed by atoms with Crippen LogP contribution >= 0.6 is 0 Å². The van der Waals surface area contributed by atoms with Crippen molar-refractivity contribution in [2.24, 2.45) is 51.8 Å². The number of carboxylic acid groups (broad SMARTS) is 2. The number of fused-ring (bicyclic) bond motifs is 1. The Hall–Kier alpha value is -2.96. The molecule has 0 unspecified atom stereocenters. The number of hydrogen-bond donors (Lipinski definition) is 2. The van der Waals surface area contributed by atoms with Crippen molar-refractivity contribution >= 4 is 29.4 Å². The molecule has 1 aromatic rings. The van der Waals surface area contributed by atoms with Gasteiger partial charge in [0.1, 0.15) is 0 Å². The van der Waals surface area contributed by atoms with Crippen LogP contribution in [-0.2, 0) is 14.4 Å². The molecule has 202 valence electrons. The van der Waals surface area contributed by atoms with Crippen LogP contribution in [0.25, 0.3) is 0 Å². The quantitative estimate of drug-likeness (QED) is 0.407. The minimum atomic E-state index is -1.10. The predicted octanol–water partition coefficient (Wildman–Crippen LogP) is 5.40. The fourth-order valence-electron chi connectivity index (χ4n) is 9.99. The van der Waals surface area contributed by atoms with E-state index in [9.17, 15) is 29.4 Å². The highest BCUT2D eigenvalue weighted by Gasteiger charge is 2.73. The summed E-state index contributed by atoms with van der Waals surface area (Å²) in [6.45, 7) is 8.48. The number of carboxylic acids is 2. The minimum absolute atomic E-state index is 0.0288. The first-order chi connectivity index (χ1) is 17.9. The third-order valence-electron chi connectivity index (χ3n) is 11.5. The summed E-state index contributed by atoms with van der Waals surface area (Å²) in [5.74, 6) is -2.89. The van der Waals surface area contributed by atoms with E-state index in [1.54, 1.807) is 12.1 Å². The molecule has 1 aliphatic heterocycles. The molecule has 1 heterocycles. The molecule has 4 fully saturated rings. The summed E-state index contributed by atoms with van der Waals surface area (Å²) in [5.41, 5.74) is 0.112. The van der Waals surface area contributed by atoms with E-state index in [0.29, 0.717) is 18.5 Å². The van der Waals surface area contributed by atoms with Crippen molar-refractivity contribution < 1.29 is 29.4 Å². The van der Waals surface area contributed by atoms with Gasteiger partial charge in [0.2, 0.25) is 11.8 Å². The Labute approximate surface area is 223 Å². The lowest BCUT2D eigenvalue weighted by Gasteiger charge is -2.68. The van der Waals surface area contributed by atoms with Gasteiger partial charge in [-0.2, -0.15) is 0 Å². The van der Waals surface area contributed by atoms with Crippen molar-refractivity contribution in [1.82, 2.24) is 0 Å². The zero-order chi connectivity index (χ0) is 27.4. The highest BCUT2D eigenvalue weighted by molar-refractivity contribution is 6.23. The number of amides is 2. The van der Waals surface area contributed by atoms with E-state index < -0.39 is 34.6 Å². The molecule has 2 amide bonds. The Bertz CT molecular complexity index is 1300. The third-order valence-corrected chi connectivity index (χ3v) is 11.5. The molecule has 7 rings (SSSR count). The number of carbonyl (C=O) groups excluding carboxylic acids is 2. The number of imide groups is 1.